The summed E-state index contributed by atoms with van der Waals surface area (Å²) in [6.45, 7) is 4.83. The van der Waals surface area contributed by atoms with Crippen LogP contribution in [0.2, 0.25) is 0 Å². The van der Waals surface area contributed by atoms with Gasteiger partial charge in [0.2, 0.25) is 0 Å². The molecule has 0 aliphatic carbocycles. The Balaban J connectivity index is 2.93. The summed E-state index contributed by atoms with van der Waals surface area (Å²) in [5.74, 6) is 0. The molecule has 0 aliphatic rings. The van der Waals surface area contributed by atoms with E-state index in [-0.39, 0.29) is 0 Å². The summed E-state index contributed by atoms with van der Waals surface area (Å²) < 4.78 is 25.9. The maximum Gasteiger partial charge on any atom is 0.258 e. The Bertz CT molecular complexity index is 444. The highest BCUT2D eigenvalue weighted by molar-refractivity contribution is 7.91. The monoisotopic (exact) mass is 226 g/mol. The van der Waals surface area contributed by atoms with Gasteiger partial charge in [0, 0.05) is 6.20 Å². The Hall–Kier alpha value is -1.23. The second kappa shape index (κ2) is 4.10. The molecule has 0 saturated carbocycles. The smallest absolute Gasteiger partial charge is 0.255 e. The lowest BCUT2D eigenvalue weighted by Gasteiger charge is -2.14. The van der Waals surface area contributed by atoms with E-state index in [4.69, 9.17) is 0 Å². The van der Waals surface area contributed by atoms with Crippen LogP contribution in [0.4, 0.5) is 0 Å². The van der Waals surface area contributed by atoms with Crippen LogP contribution < -0.4 is 0 Å². The van der Waals surface area contributed by atoms with Crippen LogP contribution in [0.5, 0.6) is 0 Å². The van der Waals surface area contributed by atoms with Crippen LogP contribution in [0.15, 0.2) is 28.8 Å². The topological polar surface area (TPSA) is 59.4 Å². The summed E-state index contributed by atoms with van der Waals surface area (Å²) in [4.78, 5) is 3.95. The summed E-state index contributed by atoms with van der Waals surface area (Å²) in [7, 11) is -3.47. The maximum atomic E-state index is 11.6. The molecule has 0 fully saturated rings. The van der Waals surface area contributed by atoms with E-state index in [2.05, 4.69) is 9.38 Å². The third kappa shape index (κ3) is 3.13. The van der Waals surface area contributed by atoms with E-state index in [1.165, 1.54) is 6.21 Å². The van der Waals surface area contributed by atoms with Gasteiger partial charge in [-0.25, -0.2) is 8.42 Å². The van der Waals surface area contributed by atoms with E-state index in [0.717, 1.165) is 0 Å². The van der Waals surface area contributed by atoms with Crippen LogP contribution >= 0.6 is 0 Å². The Kier molecular flexibility index (Phi) is 3.24. The highest BCUT2D eigenvalue weighted by Gasteiger charge is 2.27. The van der Waals surface area contributed by atoms with Crippen LogP contribution in [-0.4, -0.2) is 24.4 Å². The number of nitrogens with zero attached hydrogens (tertiary/aromatic N) is 2. The lowest BCUT2D eigenvalue weighted by molar-refractivity contribution is 0.562. The molecule has 0 unspecified atom stereocenters. The highest BCUT2D eigenvalue weighted by Crippen LogP contribution is 2.16. The third-order valence-electron chi connectivity index (χ3n) is 1.79. The summed E-state index contributed by atoms with van der Waals surface area (Å²) >= 11 is 0. The minimum atomic E-state index is -3.47. The zero-order chi connectivity index (χ0) is 11.5. The van der Waals surface area contributed by atoms with E-state index in [1.807, 2.05) is 0 Å². The molecule has 1 aromatic heterocycles. The molecule has 0 bridgehead atoms. The Morgan fingerprint density at radius 3 is 2.47 bits per heavy atom. The number of pyridine rings is 1. The summed E-state index contributed by atoms with van der Waals surface area (Å²) in [6, 6.07) is 5.23. The zero-order valence-corrected chi connectivity index (χ0v) is 9.82. The molecule has 4 nitrogen and oxygen atoms in total. The lowest BCUT2D eigenvalue weighted by atomic mass is 10.3. The summed E-state index contributed by atoms with van der Waals surface area (Å²) in [6.07, 6.45) is 2.85. The zero-order valence-electron chi connectivity index (χ0n) is 9.01. The van der Waals surface area contributed by atoms with E-state index in [1.54, 1.807) is 45.2 Å². The van der Waals surface area contributed by atoms with Crippen molar-refractivity contribution in [2.24, 2.45) is 4.40 Å². The number of aromatic nitrogens is 1. The molecule has 1 heterocycles. The van der Waals surface area contributed by atoms with Gasteiger partial charge in [-0.1, -0.05) is 6.07 Å². The molecule has 5 heteroatoms. The second-order valence-electron chi connectivity index (χ2n) is 4.08. The number of hydrogen-bond donors (Lipinski definition) is 0. The van der Waals surface area contributed by atoms with Gasteiger partial charge in [0.1, 0.15) is 0 Å². The van der Waals surface area contributed by atoms with Gasteiger partial charge in [0.25, 0.3) is 10.0 Å². The first-order valence-electron chi connectivity index (χ1n) is 4.54. The van der Waals surface area contributed by atoms with Crippen LogP contribution in [0.3, 0.4) is 0 Å². The van der Waals surface area contributed by atoms with Crippen LogP contribution in [-0.2, 0) is 10.0 Å². The SMILES string of the molecule is CC(C)(C)S(=O)(=O)/N=C/c1ccccn1. The normalized spacial score (nSPS) is 13.3. The molecular weight excluding hydrogens is 212 g/mol. The molecule has 0 aliphatic heterocycles. The van der Waals surface area contributed by atoms with Gasteiger partial charge in [-0.05, 0) is 32.9 Å². The minimum Gasteiger partial charge on any atom is -0.255 e. The first kappa shape index (κ1) is 11.8. The molecule has 0 amide bonds. The molecule has 1 aromatic rings. The standard InChI is InChI=1S/C10H14N2O2S/c1-10(2,3)15(13,14)12-8-9-6-4-5-7-11-9/h4-8H,1-3H3/b12-8+. The molecule has 0 aromatic carbocycles. The largest absolute Gasteiger partial charge is 0.258 e. The molecule has 1 rings (SSSR count). The van der Waals surface area contributed by atoms with Crippen LogP contribution in [0.25, 0.3) is 0 Å². The predicted molar refractivity (Wildman–Crippen MR) is 60.5 cm³/mol. The van der Waals surface area contributed by atoms with Gasteiger partial charge >= 0.3 is 0 Å². The van der Waals surface area contributed by atoms with Crippen molar-refractivity contribution in [3.63, 3.8) is 0 Å². The van der Waals surface area contributed by atoms with Gasteiger partial charge in [0.15, 0.2) is 0 Å². The molecular formula is C10H14N2O2S. The number of rotatable bonds is 2. The number of hydrogen-bond acceptors (Lipinski definition) is 3. The second-order valence-corrected chi connectivity index (χ2v) is 6.46. The first-order chi connectivity index (χ1) is 6.83. The average Bonchev–Trinajstić information content (AvgIpc) is 2.15. The first-order valence-corrected chi connectivity index (χ1v) is 5.98. The van der Waals surface area contributed by atoms with Crippen molar-refractivity contribution in [1.82, 2.24) is 4.98 Å². The molecule has 0 radical (unpaired) electrons. The van der Waals surface area contributed by atoms with Crippen LogP contribution in [0.1, 0.15) is 26.5 Å². The van der Waals surface area contributed by atoms with Crippen molar-refractivity contribution in [1.29, 1.82) is 0 Å². The molecule has 0 atom stereocenters. The highest BCUT2D eigenvalue weighted by atomic mass is 32.2. The van der Waals surface area contributed by atoms with Gasteiger partial charge in [0.05, 0.1) is 16.7 Å². The van der Waals surface area contributed by atoms with Crippen molar-refractivity contribution < 1.29 is 8.42 Å². The van der Waals surface area contributed by atoms with Gasteiger partial charge < -0.3 is 0 Å². The van der Waals surface area contributed by atoms with Crippen molar-refractivity contribution in [3.8, 4) is 0 Å². The molecule has 15 heavy (non-hydrogen) atoms. The van der Waals surface area contributed by atoms with Gasteiger partial charge in [-0.15, -0.1) is 0 Å². The average molecular weight is 226 g/mol. The Labute approximate surface area is 90.1 Å². The fourth-order valence-corrected chi connectivity index (χ4v) is 1.30. The van der Waals surface area contributed by atoms with Gasteiger partial charge in [-0.3, -0.25) is 4.98 Å². The molecule has 0 spiro atoms. The van der Waals surface area contributed by atoms with E-state index >= 15 is 0 Å². The van der Waals surface area contributed by atoms with Crippen molar-refractivity contribution in [2.75, 3.05) is 0 Å². The molecule has 82 valence electrons. The molecule has 0 saturated heterocycles. The van der Waals surface area contributed by atoms with E-state index < -0.39 is 14.8 Å². The summed E-state index contributed by atoms with van der Waals surface area (Å²) in [5.41, 5.74) is 0.533. The predicted octanol–water partition coefficient (Wildman–Crippen LogP) is 1.63. The summed E-state index contributed by atoms with van der Waals surface area (Å²) in [5, 5.41) is 0. The molecule has 0 N–H and O–H groups in total. The minimum absolute atomic E-state index is 0.533. The fourth-order valence-electron chi connectivity index (χ4n) is 0.734. The fraction of sp³-hybridized carbons (Fsp3) is 0.400. The van der Waals surface area contributed by atoms with Gasteiger partial charge in [-0.2, -0.15) is 4.40 Å². The Morgan fingerprint density at radius 1 is 1.33 bits per heavy atom. The Morgan fingerprint density at radius 2 is 2.00 bits per heavy atom. The maximum absolute atomic E-state index is 11.6. The van der Waals surface area contributed by atoms with Crippen molar-refractivity contribution in [3.05, 3.63) is 30.1 Å². The van der Waals surface area contributed by atoms with E-state index in [9.17, 15) is 8.42 Å². The number of sulfonamides is 1. The van der Waals surface area contributed by atoms with Crippen LogP contribution in [0, 0.1) is 0 Å². The lowest BCUT2D eigenvalue weighted by Crippen LogP contribution is -2.25. The quantitative estimate of drug-likeness (QED) is 0.720. The third-order valence-corrected chi connectivity index (χ3v) is 3.72. The van der Waals surface area contributed by atoms with Crippen molar-refractivity contribution >= 4 is 16.2 Å². The van der Waals surface area contributed by atoms with E-state index in [0.29, 0.717) is 5.69 Å². The van der Waals surface area contributed by atoms with Crippen molar-refractivity contribution in [2.45, 2.75) is 25.5 Å².